The van der Waals surface area contributed by atoms with Crippen molar-refractivity contribution in [2.45, 2.75) is 32.6 Å². The Labute approximate surface area is 124 Å². The molecule has 0 spiro atoms. The van der Waals surface area contributed by atoms with Gasteiger partial charge in [-0.1, -0.05) is 38.3 Å². The molecule has 0 aromatic heterocycles. The molecule has 0 radical (unpaired) electrons. The van der Waals surface area contributed by atoms with Crippen molar-refractivity contribution >= 4 is 0 Å². The summed E-state index contributed by atoms with van der Waals surface area (Å²) in [4.78, 5) is 0. The molecule has 108 valence electrons. The molecule has 2 heterocycles. The van der Waals surface area contributed by atoms with Crippen molar-refractivity contribution in [1.82, 2.24) is 0 Å². The minimum atomic E-state index is 0.752. The van der Waals surface area contributed by atoms with E-state index in [1.165, 1.54) is 19.3 Å². The molecular weight excluding hydrogens is 264 g/mol. The van der Waals surface area contributed by atoms with Crippen molar-refractivity contribution in [1.29, 1.82) is 0 Å². The Morgan fingerprint density at radius 3 is 2.67 bits per heavy atom. The maximum atomic E-state index is 5.99. The van der Waals surface area contributed by atoms with Crippen LogP contribution in [0, 0.1) is 0 Å². The van der Waals surface area contributed by atoms with Crippen LogP contribution in [0.3, 0.4) is 0 Å². The SMILES string of the molecule is CCCCCCOc1ccc2c(c1-c1cccc3c1O3)O2. The summed E-state index contributed by atoms with van der Waals surface area (Å²) < 4.78 is 17.0. The lowest BCUT2D eigenvalue weighted by molar-refractivity contribution is 0.306. The van der Waals surface area contributed by atoms with Gasteiger partial charge in [0, 0.05) is 5.56 Å². The number of benzene rings is 2. The van der Waals surface area contributed by atoms with Crippen molar-refractivity contribution in [2.75, 3.05) is 6.61 Å². The van der Waals surface area contributed by atoms with Gasteiger partial charge in [0.05, 0.1) is 12.2 Å². The third-order valence-corrected chi connectivity index (χ3v) is 3.93. The fraction of sp³-hybridized carbons (Fsp3) is 0.333. The molecule has 3 nitrogen and oxygen atoms in total. The molecule has 0 unspecified atom stereocenters. The second-order valence-corrected chi connectivity index (χ2v) is 5.51. The predicted octanol–water partition coefficient (Wildman–Crippen LogP) is 5.52. The van der Waals surface area contributed by atoms with Crippen molar-refractivity contribution in [3.8, 4) is 39.9 Å². The first-order valence-electron chi connectivity index (χ1n) is 7.67. The molecule has 0 amide bonds. The zero-order chi connectivity index (χ0) is 14.2. The molecule has 0 saturated heterocycles. The van der Waals surface area contributed by atoms with Crippen LogP contribution in [-0.2, 0) is 0 Å². The molecule has 2 aromatic rings. The van der Waals surface area contributed by atoms with Crippen molar-refractivity contribution < 1.29 is 14.2 Å². The fourth-order valence-corrected chi connectivity index (χ4v) is 2.69. The van der Waals surface area contributed by atoms with Gasteiger partial charge in [-0.25, -0.2) is 0 Å². The highest BCUT2D eigenvalue weighted by Crippen LogP contribution is 2.61. The van der Waals surface area contributed by atoms with Gasteiger partial charge in [-0.15, -0.1) is 0 Å². The number of para-hydroxylation sites is 1. The van der Waals surface area contributed by atoms with E-state index in [0.717, 1.165) is 52.9 Å². The normalized spacial score (nSPS) is 12.8. The van der Waals surface area contributed by atoms with E-state index in [1.54, 1.807) is 0 Å². The lowest BCUT2D eigenvalue weighted by Crippen LogP contribution is -1.98. The molecule has 2 aromatic carbocycles. The molecule has 0 N–H and O–H groups in total. The third kappa shape index (κ3) is 2.33. The minimum absolute atomic E-state index is 0.752. The van der Waals surface area contributed by atoms with Crippen LogP contribution in [-0.4, -0.2) is 6.61 Å². The van der Waals surface area contributed by atoms with Gasteiger partial charge < -0.3 is 14.2 Å². The van der Waals surface area contributed by atoms with Crippen molar-refractivity contribution in [2.24, 2.45) is 0 Å². The van der Waals surface area contributed by atoms with Crippen LogP contribution in [0.2, 0.25) is 0 Å². The lowest BCUT2D eigenvalue weighted by Gasteiger charge is -2.09. The number of fused-ring (bicyclic) bond motifs is 2. The van der Waals surface area contributed by atoms with Gasteiger partial charge in [-0.3, -0.25) is 0 Å². The van der Waals surface area contributed by atoms with Gasteiger partial charge in [0.25, 0.3) is 0 Å². The van der Waals surface area contributed by atoms with E-state index in [-0.39, 0.29) is 0 Å². The van der Waals surface area contributed by atoms with E-state index < -0.39 is 0 Å². The van der Waals surface area contributed by atoms with Gasteiger partial charge in [0.15, 0.2) is 23.0 Å². The highest BCUT2D eigenvalue weighted by atomic mass is 16.6. The zero-order valence-corrected chi connectivity index (χ0v) is 12.1. The van der Waals surface area contributed by atoms with E-state index in [9.17, 15) is 0 Å². The molecule has 4 rings (SSSR count). The van der Waals surface area contributed by atoms with E-state index in [0.29, 0.717) is 0 Å². The largest absolute Gasteiger partial charge is 0.493 e. The summed E-state index contributed by atoms with van der Waals surface area (Å²) in [6.45, 7) is 2.97. The molecule has 2 aliphatic rings. The van der Waals surface area contributed by atoms with Crippen LogP contribution in [0.25, 0.3) is 11.1 Å². The first-order chi connectivity index (χ1) is 10.4. The lowest BCUT2D eigenvalue weighted by atomic mass is 10.0. The van der Waals surface area contributed by atoms with Crippen LogP contribution >= 0.6 is 0 Å². The summed E-state index contributed by atoms with van der Waals surface area (Å²) in [5, 5.41) is 0. The Bertz CT molecular complexity index is 691. The van der Waals surface area contributed by atoms with Gasteiger partial charge in [0.1, 0.15) is 5.75 Å². The summed E-state index contributed by atoms with van der Waals surface area (Å²) in [5.74, 6) is 4.69. The monoisotopic (exact) mass is 282 g/mol. The smallest absolute Gasteiger partial charge is 0.181 e. The molecule has 2 aliphatic heterocycles. The van der Waals surface area contributed by atoms with Crippen molar-refractivity contribution in [3.63, 3.8) is 0 Å². The maximum Gasteiger partial charge on any atom is 0.181 e. The number of hydrogen-bond donors (Lipinski definition) is 0. The van der Waals surface area contributed by atoms with Crippen LogP contribution in [0.5, 0.6) is 28.7 Å². The Hall–Kier alpha value is -2.16. The predicted molar refractivity (Wildman–Crippen MR) is 81.7 cm³/mol. The Morgan fingerprint density at radius 2 is 1.76 bits per heavy atom. The van der Waals surface area contributed by atoms with E-state index in [1.807, 2.05) is 24.3 Å². The molecule has 0 bridgehead atoms. The van der Waals surface area contributed by atoms with E-state index in [2.05, 4.69) is 13.0 Å². The Morgan fingerprint density at radius 1 is 0.905 bits per heavy atom. The highest BCUT2D eigenvalue weighted by Gasteiger charge is 2.34. The number of rotatable bonds is 7. The molecular formula is C18H18O3. The first kappa shape index (κ1) is 12.6. The third-order valence-electron chi connectivity index (χ3n) is 3.93. The fourth-order valence-electron chi connectivity index (χ4n) is 2.69. The topological polar surface area (TPSA) is 34.3 Å². The van der Waals surface area contributed by atoms with Gasteiger partial charge in [-0.2, -0.15) is 0 Å². The van der Waals surface area contributed by atoms with Crippen LogP contribution in [0.15, 0.2) is 30.3 Å². The molecule has 0 fully saturated rings. The van der Waals surface area contributed by atoms with Crippen molar-refractivity contribution in [3.05, 3.63) is 30.3 Å². The zero-order valence-electron chi connectivity index (χ0n) is 12.1. The average Bonchev–Trinajstić information content (AvgIpc) is 3.38. The number of unbranched alkanes of at least 4 members (excludes halogenated alkanes) is 3. The van der Waals surface area contributed by atoms with Crippen LogP contribution in [0.4, 0.5) is 0 Å². The number of hydrogen-bond acceptors (Lipinski definition) is 3. The molecule has 0 aliphatic carbocycles. The quantitative estimate of drug-likeness (QED) is 0.330. The molecule has 21 heavy (non-hydrogen) atoms. The first-order valence-corrected chi connectivity index (χ1v) is 7.67. The summed E-state index contributed by atoms with van der Waals surface area (Å²) in [6, 6.07) is 10.0. The van der Waals surface area contributed by atoms with Gasteiger partial charge >= 0.3 is 0 Å². The Balaban J connectivity index is 1.56. The minimum Gasteiger partial charge on any atom is -0.493 e. The van der Waals surface area contributed by atoms with Crippen LogP contribution < -0.4 is 14.2 Å². The number of ether oxygens (including phenoxy) is 3. The maximum absolute atomic E-state index is 5.99. The van der Waals surface area contributed by atoms with Gasteiger partial charge in [-0.05, 0) is 24.6 Å². The summed E-state index contributed by atoms with van der Waals surface area (Å²) in [7, 11) is 0. The second-order valence-electron chi connectivity index (χ2n) is 5.51. The van der Waals surface area contributed by atoms with Crippen LogP contribution in [0.1, 0.15) is 32.6 Å². The molecule has 3 heteroatoms. The molecule has 0 saturated carbocycles. The summed E-state index contributed by atoms with van der Waals surface area (Å²) >= 11 is 0. The average molecular weight is 282 g/mol. The standard InChI is InChI=1S/C18H18O3/c1-2-3-4-5-11-19-13-9-10-15-18(21-15)16(13)12-7-6-8-14-17(12)20-14/h6-10H,2-5,11H2,1H3. The van der Waals surface area contributed by atoms with E-state index in [4.69, 9.17) is 14.2 Å². The second kappa shape index (κ2) is 4.99. The summed E-state index contributed by atoms with van der Waals surface area (Å²) in [5.41, 5.74) is 2.11. The summed E-state index contributed by atoms with van der Waals surface area (Å²) in [6.07, 6.45) is 4.82. The molecule has 0 atom stereocenters. The highest BCUT2D eigenvalue weighted by molar-refractivity contribution is 5.91. The van der Waals surface area contributed by atoms with E-state index >= 15 is 0 Å². The Kier molecular flexibility index (Phi) is 2.99. The van der Waals surface area contributed by atoms with Gasteiger partial charge in [0.2, 0.25) is 0 Å².